The zero-order valence-electron chi connectivity index (χ0n) is 17.8. The van der Waals surface area contributed by atoms with E-state index in [-0.39, 0.29) is 5.97 Å². The maximum atomic E-state index is 11.7. The van der Waals surface area contributed by atoms with Gasteiger partial charge in [0.15, 0.2) is 0 Å². The summed E-state index contributed by atoms with van der Waals surface area (Å²) < 4.78 is 16.2. The molecule has 0 aromatic heterocycles. The Balaban J connectivity index is 1.65. The van der Waals surface area contributed by atoms with Gasteiger partial charge in [0.2, 0.25) is 0 Å². The van der Waals surface area contributed by atoms with Crippen molar-refractivity contribution in [2.75, 3.05) is 14.2 Å². The van der Waals surface area contributed by atoms with Gasteiger partial charge >= 0.3 is 5.97 Å². The first-order valence-electron chi connectivity index (χ1n) is 10.1. The molecule has 0 bridgehead atoms. The second-order valence-electron chi connectivity index (χ2n) is 7.33. The Morgan fingerprint density at radius 2 is 1.29 bits per heavy atom. The number of benzene rings is 4. The van der Waals surface area contributed by atoms with E-state index in [0.717, 1.165) is 44.2 Å². The Hall–Kier alpha value is -3.79. The monoisotopic (exact) mass is 412 g/mol. The molecule has 4 nitrogen and oxygen atoms in total. The van der Waals surface area contributed by atoms with Gasteiger partial charge in [-0.05, 0) is 75.1 Å². The molecule has 0 aliphatic carbocycles. The lowest BCUT2D eigenvalue weighted by Crippen LogP contribution is -2.06. The van der Waals surface area contributed by atoms with Crippen molar-refractivity contribution < 1.29 is 19.0 Å². The molecular formula is C27H24O4. The van der Waals surface area contributed by atoms with E-state index in [0.29, 0.717) is 0 Å². The molecule has 0 spiro atoms. The summed E-state index contributed by atoms with van der Waals surface area (Å²) in [5.41, 5.74) is 1.94. The second kappa shape index (κ2) is 8.92. The first kappa shape index (κ1) is 20.5. The van der Waals surface area contributed by atoms with E-state index in [9.17, 15) is 4.79 Å². The van der Waals surface area contributed by atoms with Crippen LogP contribution in [0.4, 0.5) is 0 Å². The Kier molecular flexibility index (Phi) is 5.89. The highest BCUT2D eigenvalue weighted by atomic mass is 16.5. The predicted octanol–water partition coefficient (Wildman–Crippen LogP) is 6.33. The van der Waals surface area contributed by atoms with Crippen molar-refractivity contribution in [3.63, 3.8) is 0 Å². The van der Waals surface area contributed by atoms with Crippen LogP contribution in [0.25, 0.3) is 27.6 Å². The maximum Gasteiger partial charge on any atom is 0.303 e. The first-order valence-corrected chi connectivity index (χ1v) is 10.1. The minimum absolute atomic E-state index is 0.324. The third-order valence-corrected chi connectivity index (χ3v) is 5.23. The van der Waals surface area contributed by atoms with Gasteiger partial charge in [-0.2, -0.15) is 0 Å². The van der Waals surface area contributed by atoms with E-state index in [2.05, 4.69) is 12.1 Å². The molecule has 0 aliphatic rings. The molecule has 0 radical (unpaired) electrons. The molecule has 0 saturated carbocycles. The van der Waals surface area contributed by atoms with Gasteiger partial charge in [0.1, 0.15) is 17.6 Å². The highest BCUT2D eigenvalue weighted by Gasteiger charge is 2.12. The van der Waals surface area contributed by atoms with Crippen molar-refractivity contribution in [1.29, 1.82) is 0 Å². The molecule has 4 heteroatoms. The number of hydrogen-bond donors (Lipinski definition) is 0. The van der Waals surface area contributed by atoms with Crippen molar-refractivity contribution in [1.82, 2.24) is 0 Å². The molecule has 0 aliphatic heterocycles. The Labute approximate surface area is 181 Å². The fraction of sp³-hybridized carbons (Fsp3) is 0.148. The van der Waals surface area contributed by atoms with Gasteiger partial charge in [0.25, 0.3) is 0 Å². The summed E-state index contributed by atoms with van der Waals surface area (Å²) in [4.78, 5) is 11.7. The Morgan fingerprint density at radius 3 is 1.90 bits per heavy atom. The molecular weight excluding hydrogens is 388 g/mol. The molecule has 0 saturated heterocycles. The SMILES string of the molecule is COc1ccc2cc(/C=C/C(OC(C)=O)c3ccc4cc(OC)ccc4c3)ccc2c1. The first-order chi connectivity index (χ1) is 15.1. The number of hydrogen-bond acceptors (Lipinski definition) is 4. The fourth-order valence-corrected chi connectivity index (χ4v) is 3.61. The predicted molar refractivity (Wildman–Crippen MR) is 125 cm³/mol. The standard InChI is InChI=1S/C27H24O4/c1-18(28)31-27(24-8-7-23-17-26(30-3)12-10-21(23)15-24)13-5-19-4-6-22-16-25(29-2)11-9-20(22)14-19/h4-17,27H,1-3H3/b13-5+. The molecule has 1 unspecified atom stereocenters. The van der Waals surface area contributed by atoms with E-state index in [4.69, 9.17) is 14.2 Å². The number of methoxy groups -OCH3 is 2. The summed E-state index contributed by atoms with van der Waals surface area (Å²) in [6.07, 6.45) is 3.42. The van der Waals surface area contributed by atoms with Gasteiger partial charge < -0.3 is 14.2 Å². The molecule has 1 atom stereocenters. The lowest BCUT2D eigenvalue weighted by atomic mass is 10.0. The van der Waals surface area contributed by atoms with E-state index >= 15 is 0 Å². The fourth-order valence-electron chi connectivity index (χ4n) is 3.61. The van der Waals surface area contributed by atoms with Crippen molar-refractivity contribution in [2.24, 2.45) is 0 Å². The smallest absolute Gasteiger partial charge is 0.303 e. The highest BCUT2D eigenvalue weighted by Crippen LogP contribution is 2.28. The van der Waals surface area contributed by atoms with Crippen molar-refractivity contribution >= 4 is 33.6 Å². The van der Waals surface area contributed by atoms with Crippen LogP contribution in [0.1, 0.15) is 24.2 Å². The van der Waals surface area contributed by atoms with Crippen LogP contribution in [0.15, 0.2) is 78.9 Å². The molecule has 4 aromatic rings. The topological polar surface area (TPSA) is 44.8 Å². The molecule has 0 fully saturated rings. The van der Waals surface area contributed by atoms with Crippen LogP contribution in [0.5, 0.6) is 11.5 Å². The van der Waals surface area contributed by atoms with Crippen molar-refractivity contribution in [2.45, 2.75) is 13.0 Å². The number of esters is 1. The third kappa shape index (κ3) is 4.69. The van der Waals surface area contributed by atoms with Crippen LogP contribution in [0, 0.1) is 0 Å². The number of carbonyl (C=O) groups excluding carboxylic acids is 1. The molecule has 0 amide bonds. The molecule has 0 heterocycles. The van der Waals surface area contributed by atoms with Gasteiger partial charge in [-0.1, -0.05) is 42.5 Å². The van der Waals surface area contributed by atoms with E-state index in [1.54, 1.807) is 14.2 Å². The molecule has 4 aromatic carbocycles. The molecule has 0 N–H and O–H groups in total. The van der Waals surface area contributed by atoms with Crippen LogP contribution >= 0.6 is 0 Å². The van der Waals surface area contributed by atoms with Crippen molar-refractivity contribution in [3.05, 3.63) is 90.0 Å². The number of fused-ring (bicyclic) bond motifs is 2. The molecule has 31 heavy (non-hydrogen) atoms. The van der Waals surface area contributed by atoms with Crippen LogP contribution in [0.3, 0.4) is 0 Å². The zero-order valence-corrected chi connectivity index (χ0v) is 17.8. The van der Waals surface area contributed by atoms with Gasteiger partial charge in [-0.25, -0.2) is 0 Å². The molecule has 4 rings (SSSR count). The maximum absolute atomic E-state index is 11.7. The average molecular weight is 412 g/mol. The van der Waals surface area contributed by atoms with Crippen LogP contribution in [0.2, 0.25) is 0 Å². The van der Waals surface area contributed by atoms with Gasteiger partial charge in [0.05, 0.1) is 14.2 Å². The van der Waals surface area contributed by atoms with Crippen LogP contribution in [-0.2, 0) is 9.53 Å². The lowest BCUT2D eigenvalue weighted by molar-refractivity contribution is -0.144. The summed E-state index contributed by atoms with van der Waals surface area (Å²) in [6.45, 7) is 1.43. The van der Waals surface area contributed by atoms with E-state index in [1.165, 1.54) is 6.92 Å². The minimum atomic E-state index is -0.476. The Morgan fingerprint density at radius 1 is 0.742 bits per heavy atom. The summed E-state index contributed by atoms with van der Waals surface area (Å²) in [7, 11) is 3.32. The summed E-state index contributed by atoms with van der Waals surface area (Å²) in [5, 5.41) is 4.35. The van der Waals surface area contributed by atoms with Crippen molar-refractivity contribution in [3.8, 4) is 11.5 Å². The summed E-state index contributed by atoms with van der Waals surface area (Å²) >= 11 is 0. The quantitative estimate of drug-likeness (QED) is 0.347. The third-order valence-electron chi connectivity index (χ3n) is 5.23. The normalized spacial score (nSPS) is 12.2. The van der Waals surface area contributed by atoms with Gasteiger partial charge in [0, 0.05) is 6.92 Å². The van der Waals surface area contributed by atoms with Crippen LogP contribution < -0.4 is 9.47 Å². The summed E-state index contributed by atoms with van der Waals surface area (Å²) in [6, 6.07) is 24.1. The number of ether oxygens (including phenoxy) is 3. The lowest BCUT2D eigenvalue weighted by Gasteiger charge is -2.15. The van der Waals surface area contributed by atoms with E-state index < -0.39 is 6.10 Å². The van der Waals surface area contributed by atoms with Gasteiger partial charge in [-0.3, -0.25) is 4.79 Å². The van der Waals surface area contributed by atoms with E-state index in [1.807, 2.05) is 72.8 Å². The Bertz CT molecular complexity index is 1270. The zero-order chi connectivity index (χ0) is 21.8. The number of rotatable bonds is 6. The molecule has 156 valence electrons. The minimum Gasteiger partial charge on any atom is -0.497 e. The van der Waals surface area contributed by atoms with Gasteiger partial charge in [-0.15, -0.1) is 0 Å². The average Bonchev–Trinajstić information content (AvgIpc) is 2.80. The van der Waals surface area contributed by atoms with Crippen LogP contribution in [-0.4, -0.2) is 20.2 Å². The largest absolute Gasteiger partial charge is 0.497 e. The second-order valence-corrected chi connectivity index (χ2v) is 7.33. The highest BCUT2D eigenvalue weighted by molar-refractivity contribution is 5.86. The number of carbonyl (C=O) groups is 1. The summed E-state index contributed by atoms with van der Waals surface area (Å²) in [5.74, 6) is 1.32.